The second-order valence-electron chi connectivity index (χ2n) is 1.89. The summed E-state index contributed by atoms with van der Waals surface area (Å²) in [5.74, 6) is 0.228. The van der Waals surface area contributed by atoms with E-state index in [1.54, 1.807) is 0 Å². The van der Waals surface area contributed by atoms with Crippen LogP contribution in [-0.2, 0) is 4.74 Å². The number of rotatable bonds is 2. The molecule has 1 rings (SSSR count). The van der Waals surface area contributed by atoms with Crippen LogP contribution in [0.15, 0.2) is 4.99 Å². The third-order valence-electron chi connectivity index (χ3n) is 1.10. The SMILES string of the molecule is FC[C@@H]1COC(C(Cl)Cl)=N1. The van der Waals surface area contributed by atoms with E-state index in [0.717, 1.165) is 0 Å². The minimum Gasteiger partial charge on any atom is -0.477 e. The second kappa shape index (κ2) is 3.39. The zero-order chi connectivity index (χ0) is 7.56. The molecule has 1 heterocycles. The maximum absolute atomic E-state index is 11.9. The Hall–Kier alpha value is -0.0200. The summed E-state index contributed by atoms with van der Waals surface area (Å²) >= 11 is 10.8. The molecule has 0 fully saturated rings. The Bertz CT molecular complexity index is 151. The third kappa shape index (κ3) is 1.73. The van der Waals surface area contributed by atoms with Crippen molar-refractivity contribution in [2.75, 3.05) is 13.3 Å². The van der Waals surface area contributed by atoms with Gasteiger partial charge < -0.3 is 4.74 Å². The van der Waals surface area contributed by atoms with Crippen LogP contribution in [0.4, 0.5) is 4.39 Å². The van der Waals surface area contributed by atoms with Crippen molar-refractivity contribution in [1.29, 1.82) is 0 Å². The van der Waals surface area contributed by atoms with Crippen molar-refractivity contribution in [3.63, 3.8) is 0 Å². The highest BCUT2D eigenvalue weighted by Gasteiger charge is 2.22. The van der Waals surface area contributed by atoms with Crippen LogP contribution in [0, 0.1) is 0 Å². The highest BCUT2D eigenvalue weighted by atomic mass is 35.5. The van der Waals surface area contributed by atoms with Gasteiger partial charge in [0.1, 0.15) is 19.3 Å². The fraction of sp³-hybridized carbons (Fsp3) is 0.800. The van der Waals surface area contributed by atoms with E-state index in [1.165, 1.54) is 0 Å². The van der Waals surface area contributed by atoms with E-state index in [4.69, 9.17) is 27.9 Å². The largest absolute Gasteiger partial charge is 0.477 e. The molecule has 2 nitrogen and oxygen atoms in total. The van der Waals surface area contributed by atoms with E-state index in [1.807, 2.05) is 0 Å². The lowest BCUT2D eigenvalue weighted by Gasteiger charge is -1.98. The van der Waals surface area contributed by atoms with Gasteiger partial charge in [0.2, 0.25) is 5.90 Å². The van der Waals surface area contributed by atoms with Gasteiger partial charge >= 0.3 is 0 Å². The van der Waals surface area contributed by atoms with Gasteiger partial charge in [0.05, 0.1) is 0 Å². The number of nitrogens with zero attached hydrogens (tertiary/aromatic N) is 1. The molecule has 0 saturated carbocycles. The van der Waals surface area contributed by atoms with Gasteiger partial charge in [0.25, 0.3) is 0 Å². The van der Waals surface area contributed by atoms with Crippen LogP contribution < -0.4 is 0 Å². The molecule has 0 unspecified atom stereocenters. The molecule has 0 aromatic rings. The predicted molar refractivity (Wildman–Crippen MR) is 38.6 cm³/mol. The Kier molecular flexibility index (Phi) is 2.74. The van der Waals surface area contributed by atoms with Gasteiger partial charge in [-0.1, -0.05) is 23.2 Å². The fourth-order valence-corrected chi connectivity index (χ4v) is 0.873. The van der Waals surface area contributed by atoms with E-state index in [0.29, 0.717) is 0 Å². The highest BCUT2D eigenvalue weighted by molar-refractivity contribution is 6.53. The molecule has 0 amide bonds. The van der Waals surface area contributed by atoms with Crippen LogP contribution in [-0.4, -0.2) is 30.1 Å². The number of hydrogen-bond donors (Lipinski definition) is 0. The zero-order valence-corrected chi connectivity index (χ0v) is 6.57. The molecule has 0 spiro atoms. The van der Waals surface area contributed by atoms with Crippen LogP contribution in [0.25, 0.3) is 0 Å². The van der Waals surface area contributed by atoms with E-state index in [9.17, 15) is 4.39 Å². The van der Waals surface area contributed by atoms with Crippen LogP contribution in [0.2, 0.25) is 0 Å². The van der Waals surface area contributed by atoms with Crippen molar-refractivity contribution in [3.8, 4) is 0 Å². The van der Waals surface area contributed by atoms with Gasteiger partial charge in [-0.3, -0.25) is 0 Å². The van der Waals surface area contributed by atoms with Gasteiger partial charge in [-0.15, -0.1) is 0 Å². The van der Waals surface area contributed by atoms with Crippen LogP contribution in [0.3, 0.4) is 0 Å². The summed E-state index contributed by atoms with van der Waals surface area (Å²) in [6, 6.07) is -0.407. The summed E-state index contributed by atoms with van der Waals surface area (Å²) in [5.41, 5.74) is 0. The molecule has 5 heteroatoms. The summed E-state index contributed by atoms with van der Waals surface area (Å²) in [4.78, 5) is 2.99. The van der Waals surface area contributed by atoms with E-state index in [2.05, 4.69) is 4.99 Å². The van der Waals surface area contributed by atoms with E-state index >= 15 is 0 Å². The molecule has 58 valence electrons. The maximum atomic E-state index is 11.9. The Morgan fingerprint density at radius 2 is 2.50 bits per heavy atom. The molecule has 0 saturated heterocycles. The van der Waals surface area contributed by atoms with Crippen molar-refractivity contribution >= 4 is 29.1 Å². The monoisotopic (exact) mass is 185 g/mol. The van der Waals surface area contributed by atoms with E-state index in [-0.39, 0.29) is 12.5 Å². The van der Waals surface area contributed by atoms with Crippen LogP contribution in [0.5, 0.6) is 0 Å². The Labute approximate surface area is 68.0 Å². The molecular weight excluding hydrogens is 180 g/mol. The van der Waals surface area contributed by atoms with Crippen molar-refractivity contribution in [2.45, 2.75) is 10.9 Å². The third-order valence-corrected chi connectivity index (χ3v) is 1.47. The van der Waals surface area contributed by atoms with Crippen molar-refractivity contribution < 1.29 is 9.13 Å². The Morgan fingerprint density at radius 3 is 2.80 bits per heavy atom. The number of hydrogen-bond acceptors (Lipinski definition) is 2. The number of alkyl halides is 3. The highest BCUT2D eigenvalue weighted by Crippen LogP contribution is 2.13. The first-order valence-electron chi connectivity index (χ1n) is 2.78. The molecule has 0 aliphatic carbocycles. The second-order valence-corrected chi connectivity index (χ2v) is 2.98. The molecular formula is C5H6Cl2FNO. The molecule has 0 radical (unpaired) electrons. The van der Waals surface area contributed by atoms with Crippen LogP contribution in [0.1, 0.15) is 0 Å². The van der Waals surface area contributed by atoms with Gasteiger partial charge in [0.15, 0.2) is 4.84 Å². The van der Waals surface area contributed by atoms with Crippen LogP contribution >= 0.6 is 23.2 Å². The minimum absolute atomic E-state index is 0.228. The first-order chi connectivity index (χ1) is 4.74. The topological polar surface area (TPSA) is 21.6 Å². The number of halogens is 3. The van der Waals surface area contributed by atoms with E-state index < -0.39 is 17.6 Å². The molecule has 0 bridgehead atoms. The molecule has 1 atom stereocenters. The molecule has 0 aromatic carbocycles. The zero-order valence-electron chi connectivity index (χ0n) is 5.06. The summed E-state index contributed by atoms with van der Waals surface area (Å²) in [6.45, 7) is -0.272. The van der Waals surface area contributed by atoms with Gasteiger partial charge in [-0.2, -0.15) is 0 Å². The van der Waals surface area contributed by atoms with Gasteiger partial charge in [-0.05, 0) is 0 Å². The van der Waals surface area contributed by atoms with Crippen molar-refractivity contribution in [2.24, 2.45) is 4.99 Å². The molecule has 1 aliphatic rings. The molecule has 1 aliphatic heterocycles. The lowest BCUT2D eigenvalue weighted by Crippen LogP contribution is -2.08. The summed E-state index contributed by atoms with van der Waals surface area (Å²) in [6.07, 6.45) is 0. The smallest absolute Gasteiger partial charge is 0.218 e. The Morgan fingerprint density at radius 1 is 1.80 bits per heavy atom. The number of ether oxygens (including phenoxy) is 1. The lowest BCUT2D eigenvalue weighted by atomic mass is 10.4. The standard InChI is InChI=1S/C5H6Cl2FNO/c6-4(7)5-9-3(1-8)2-10-5/h3-4H,1-2H2/t3-/m1/s1. The molecule has 0 N–H and O–H groups in total. The van der Waals surface area contributed by atoms with Crippen molar-refractivity contribution in [3.05, 3.63) is 0 Å². The minimum atomic E-state index is -0.767. The lowest BCUT2D eigenvalue weighted by molar-refractivity contribution is 0.289. The van der Waals surface area contributed by atoms with Gasteiger partial charge in [-0.25, -0.2) is 9.38 Å². The predicted octanol–water partition coefficient (Wildman–Crippen LogP) is 1.56. The molecule has 0 aromatic heterocycles. The molecule has 10 heavy (non-hydrogen) atoms. The van der Waals surface area contributed by atoms with Gasteiger partial charge in [0, 0.05) is 0 Å². The summed E-state index contributed by atoms with van der Waals surface area (Å²) < 4.78 is 16.7. The first kappa shape index (κ1) is 8.08. The quantitative estimate of drug-likeness (QED) is 0.599. The maximum Gasteiger partial charge on any atom is 0.218 e. The van der Waals surface area contributed by atoms with Crippen molar-refractivity contribution in [1.82, 2.24) is 0 Å². The Balaban J connectivity index is 2.48. The normalized spacial score (nSPS) is 24.8. The fourth-order valence-electron chi connectivity index (χ4n) is 0.634. The average molecular weight is 186 g/mol. The average Bonchev–Trinajstić information content (AvgIpc) is 2.34. The summed E-state index contributed by atoms with van der Waals surface area (Å²) in [7, 11) is 0. The first-order valence-corrected chi connectivity index (χ1v) is 3.66. The number of aliphatic imine (C=N–C) groups is 1. The summed E-state index contributed by atoms with van der Waals surface area (Å²) in [5, 5.41) is 0.